The Balaban J connectivity index is 2.07. The van der Waals surface area contributed by atoms with E-state index in [9.17, 15) is 19.2 Å². The molecule has 1 saturated heterocycles. The molecule has 8 heteroatoms. The van der Waals surface area contributed by atoms with Crippen molar-refractivity contribution < 1.29 is 24.3 Å². The van der Waals surface area contributed by atoms with Crippen molar-refractivity contribution in [1.29, 1.82) is 0 Å². The first-order valence-corrected chi connectivity index (χ1v) is 6.97. The van der Waals surface area contributed by atoms with Gasteiger partial charge in [0.15, 0.2) is 0 Å². The standard InChI is InChI=1S/C13H19N3O5/c1-15-12(21)16(8-9(17)14-7-10(18)19)11(20)13(15)5-3-2-4-6-13/h2-8H2,1H3,(H,14,17)(H,18,19). The number of nitrogens with zero attached hydrogens (tertiary/aromatic N) is 2. The van der Waals surface area contributed by atoms with Gasteiger partial charge in [0.1, 0.15) is 18.6 Å². The summed E-state index contributed by atoms with van der Waals surface area (Å²) in [5.74, 6) is -2.18. The smallest absolute Gasteiger partial charge is 0.327 e. The van der Waals surface area contributed by atoms with E-state index in [0.717, 1.165) is 24.2 Å². The number of hydrogen-bond acceptors (Lipinski definition) is 4. The first-order chi connectivity index (χ1) is 9.88. The number of nitrogens with one attached hydrogen (secondary N) is 1. The molecule has 0 bridgehead atoms. The molecule has 1 aliphatic carbocycles. The molecule has 2 aliphatic rings. The van der Waals surface area contributed by atoms with Crippen LogP contribution in [0.4, 0.5) is 4.79 Å². The lowest BCUT2D eigenvalue weighted by atomic mass is 9.81. The van der Waals surface area contributed by atoms with Gasteiger partial charge >= 0.3 is 12.0 Å². The lowest BCUT2D eigenvalue weighted by Crippen LogP contribution is -2.49. The van der Waals surface area contributed by atoms with Gasteiger partial charge in [-0.3, -0.25) is 19.3 Å². The molecule has 0 aromatic heterocycles. The van der Waals surface area contributed by atoms with E-state index in [1.54, 1.807) is 7.05 Å². The second-order valence-corrected chi connectivity index (χ2v) is 5.50. The van der Waals surface area contributed by atoms with Crippen LogP contribution in [0.15, 0.2) is 0 Å². The molecule has 2 rings (SSSR count). The summed E-state index contributed by atoms with van der Waals surface area (Å²) in [5.41, 5.74) is -0.817. The van der Waals surface area contributed by atoms with Gasteiger partial charge in [-0.25, -0.2) is 4.79 Å². The van der Waals surface area contributed by atoms with E-state index < -0.39 is 36.5 Å². The number of carboxylic acids is 1. The van der Waals surface area contributed by atoms with Gasteiger partial charge in [0, 0.05) is 7.05 Å². The summed E-state index contributed by atoms with van der Waals surface area (Å²) in [5, 5.41) is 10.7. The van der Waals surface area contributed by atoms with Crippen molar-refractivity contribution in [2.45, 2.75) is 37.6 Å². The highest BCUT2D eigenvalue weighted by Crippen LogP contribution is 2.39. The number of aliphatic carboxylic acids is 1. The van der Waals surface area contributed by atoms with Crippen molar-refractivity contribution in [3.8, 4) is 0 Å². The molecule has 1 saturated carbocycles. The second kappa shape index (κ2) is 5.71. The van der Waals surface area contributed by atoms with Crippen LogP contribution in [0.2, 0.25) is 0 Å². The van der Waals surface area contributed by atoms with Crippen molar-refractivity contribution in [1.82, 2.24) is 15.1 Å². The number of rotatable bonds is 4. The molecule has 0 radical (unpaired) electrons. The largest absolute Gasteiger partial charge is 0.480 e. The second-order valence-electron chi connectivity index (χ2n) is 5.50. The summed E-state index contributed by atoms with van der Waals surface area (Å²) >= 11 is 0. The van der Waals surface area contributed by atoms with Gasteiger partial charge in [0.05, 0.1) is 0 Å². The Morgan fingerprint density at radius 1 is 1.24 bits per heavy atom. The van der Waals surface area contributed by atoms with Gasteiger partial charge in [-0.2, -0.15) is 0 Å². The Labute approximate surface area is 122 Å². The predicted octanol–water partition coefficient (Wildman–Crippen LogP) is -0.216. The van der Waals surface area contributed by atoms with Crippen LogP contribution >= 0.6 is 0 Å². The average molecular weight is 297 g/mol. The predicted molar refractivity (Wildman–Crippen MR) is 71.3 cm³/mol. The Bertz CT molecular complexity index is 484. The maximum atomic E-state index is 12.5. The average Bonchev–Trinajstić information content (AvgIpc) is 2.62. The normalized spacial score (nSPS) is 21.0. The van der Waals surface area contributed by atoms with Crippen LogP contribution in [0.1, 0.15) is 32.1 Å². The van der Waals surface area contributed by atoms with Crippen molar-refractivity contribution in [3.63, 3.8) is 0 Å². The zero-order valence-electron chi connectivity index (χ0n) is 11.9. The number of carboxylic acid groups (broad SMARTS) is 1. The Kier molecular flexibility index (Phi) is 4.15. The number of imide groups is 1. The van der Waals surface area contributed by atoms with Crippen LogP contribution in [0, 0.1) is 0 Å². The Hall–Kier alpha value is -2.12. The van der Waals surface area contributed by atoms with Crippen LogP contribution in [-0.2, 0) is 14.4 Å². The number of carbonyl (C=O) groups is 4. The molecular weight excluding hydrogens is 278 g/mol. The van der Waals surface area contributed by atoms with Crippen molar-refractivity contribution in [2.75, 3.05) is 20.1 Å². The van der Waals surface area contributed by atoms with E-state index in [1.807, 2.05) is 0 Å². The van der Waals surface area contributed by atoms with E-state index in [-0.39, 0.29) is 5.91 Å². The molecular formula is C13H19N3O5. The zero-order valence-corrected chi connectivity index (χ0v) is 11.9. The fraction of sp³-hybridized carbons (Fsp3) is 0.692. The molecule has 2 N–H and O–H groups in total. The molecule has 0 unspecified atom stereocenters. The third kappa shape index (κ3) is 2.70. The molecule has 21 heavy (non-hydrogen) atoms. The van der Waals surface area contributed by atoms with Gasteiger partial charge in [-0.05, 0) is 12.8 Å². The van der Waals surface area contributed by atoms with Crippen LogP contribution in [-0.4, -0.2) is 64.4 Å². The molecule has 2 fully saturated rings. The number of amides is 4. The maximum Gasteiger partial charge on any atom is 0.327 e. The molecule has 116 valence electrons. The SMILES string of the molecule is CN1C(=O)N(CC(=O)NCC(=O)O)C(=O)C12CCCCC2. The van der Waals surface area contributed by atoms with Crippen LogP contribution in [0.3, 0.4) is 0 Å². The highest BCUT2D eigenvalue weighted by molar-refractivity contribution is 6.09. The minimum absolute atomic E-state index is 0.347. The summed E-state index contributed by atoms with van der Waals surface area (Å²) in [7, 11) is 1.58. The number of carbonyl (C=O) groups excluding carboxylic acids is 3. The fourth-order valence-corrected chi connectivity index (χ4v) is 3.04. The maximum absolute atomic E-state index is 12.5. The fourth-order valence-electron chi connectivity index (χ4n) is 3.04. The first kappa shape index (κ1) is 15.3. The molecule has 1 heterocycles. The number of urea groups is 1. The Morgan fingerprint density at radius 3 is 2.43 bits per heavy atom. The first-order valence-electron chi connectivity index (χ1n) is 6.97. The summed E-state index contributed by atoms with van der Waals surface area (Å²) in [6.45, 7) is -0.965. The zero-order chi connectivity index (χ0) is 15.6. The van der Waals surface area contributed by atoms with Gasteiger partial charge in [-0.15, -0.1) is 0 Å². The molecule has 1 spiro atoms. The third-order valence-electron chi connectivity index (χ3n) is 4.22. The highest BCUT2D eigenvalue weighted by atomic mass is 16.4. The highest BCUT2D eigenvalue weighted by Gasteiger charge is 2.55. The van der Waals surface area contributed by atoms with Crippen LogP contribution in [0.5, 0.6) is 0 Å². The van der Waals surface area contributed by atoms with Crippen molar-refractivity contribution in [3.05, 3.63) is 0 Å². The lowest BCUT2D eigenvalue weighted by molar-refractivity contribution is -0.139. The van der Waals surface area contributed by atoms with Gasteiger partial charge in [-0.1, -0.05) is 19.3 Å². The summed E-state index contributed by atoms with van der Waals surface area (Å²) in [4.78, 5) is 49.1. The molecule has 0 aromatic rings. The molecule has 4 amide bonds. The van der Waals surface area contributed by atoms with E-state index in [1.165, 1.54) is 4.90 Å². The molecule has 0 atom stereocenters. The van der Waals surface area contributed by atoms with E-state index in [0.29, 0.717) is 12.8 Å². The van der Waals surface area contributed by atoms with Gasteiger partial charge in [0.25, 0.3) is 5.91 Å². The van der Waals surface area contributed by atoms with Crippen LogP contribution in [0.25, 0.3) is 0 Å². The lowest BCUT2D eigenvalue weighted by Gasteiger charge is -2.35. The third-order valence-corrected chi connectivity index (χ3v) is 4.22. The quantitative estimate of drug-likeness (QED) is 0.698. The number of likely N-dealkylation sites (N-methyl/N-ethyl adjacent to an activating group) is 1. The van der Waals surface area contributed by atoms with E-state index in [4.69, 9.17) is 5.11 Å². The van der Waals surface area contributed by atoms with Gasteiger partial charge < -0.3 is 15.3 Å². The molecule has 1 aliphatic heterocycles. The minimum atomic E-state index is -1.18. The summed E-state index contributed by atoms with van der Waals surface area (Å²) < 4.78 is 0. The summed E-state index contributed by atoms with van der Waals surface area (Å²) in [6, 6.07) is -0.493. The van der Waals surface area contributed by atoms with Crippen LogP contribution < -0.4 is 5.32 Å². The van der Waals surface area contributed by atoms with E-state index in [2.05, 4.69) is 5.32 Å². The monoisotopic (exact) mass is 297 g/mol. The topological polar surface area (TPSA) is 107 Å². The van der Waals surface area contributed by atoms with Crippen molar-refractivity contribution in [2.24, 2.45) is 0 Å². The minimum Gasteiger partial charge on any atom is -0.480 e. The summed E-state index contributed by atoms with van der Waals surface area (Å²) in [6.07, 6.45) is 4.02. The van der Waals surface area contributed by atoms with E-state index >= 15 is 0 Å². The van der Waals surface area contributed by atoms with Crippen molar-refractivity contribution >= 4 is 23.8 Å². The Morgan fingerprint density at radius 2 is 1.86 bits per heavy atom. The molecule has 0 aromatic carbocycles. The van der Waals surface area contributed by atoms with Gasteiger partial charge in [0.2, 0.25) is 5.91 Å². The molecule has 8 nitrogen and oxygen atoms in total. The number of hydrogen-bond donors (Lipinski definition) is 2.